The fourth-order valence-corrected chi connectivity index (χ4v) is 4.68. The molecule has 0 fully saturated rings. The van der Waals surface area contributed by atoms with Crippen molar-refractivity contribution in [1.82, 2.24) is 0 Å². The molecule has 0 spiro atoms. The van der Waals surface area contributed by atoms with Gasteiger partial charge in [0, 0.05) is 10.8 Å². The molecule has 204 valence electrons. The third-order valence-corrected chi connectivity index (χ3v) is 7.62. The average Bonchev–Trinajstić information content (AvgIpc) is 2.95. The predicted octanol–water partition coefficient (Wildman–Crippen LogP) is 7.47. The molecule has 4 heteroatoms. The van der Waals surface area contributed by atoms with Crippen LogP contribution in [0.25, 0.3) is 0 Å². The van der Waals surface area contributed by atoms with Crippen LogP contribution in [0.15, 0.2) is 97.1 Å². The average molecular weight is 525 g/mol. The molecule has 0 aromatic heterocycles. The Labute approximate surface area is 233 Å². The van der Waals surface area contributed by atoms with Crippen LogP contribution in [0.3, 0.4) is 0 Å². The smallest absolute Gasteiger partial charge is 0.122 e. The Morgan fingerprint density at radius 2 is 0.846 bits per heavy atom. The van der Waals surface area contributed by atoms with Crippen LogP contribution in [0.1, 0.15) is 55.5 Å². The summed E-state index contributed by atoms with van der Waals surface area (Å²) in [4.78, 5) is 0. The third kappa shape index (κ3) is 6.82. The second kappa shape index (κ2) is 12.0. The second-order valence-electron chi connectivity index (χ2n) is 11.2. The highest BCUT2D eigenvalue weighted by atomic mass is 16.5. The predicted molar refractivity (Wildman–Crippen MR) is 158 cm³/mol. The third-order valence-electron chi connectivity index (χ3n) is 7.62. The number of aliphatic hydroxyl groups is 1. The minimum atomic E-state index is -0.746. The molecule has 1 atom stereocenters. The summed E-state index contributed by atoms with van der Waals surface area (Å²) in [5.74, 6) is 2.29. The highest BCUT2D eigenvalue weighted by Gasteiger charge is 2.24. The van der Waals surface area contributed by atoms with Gasteiger partial charge in [0.05, 0.1) is 7.11 Å². The van der Waals surface area contributed by atoms with Crippen LogP contribution in [0, 0.1) is 6.92 Å². The lowest BCUT2D eigenvalue weighted by atomic mass is 9.78. The van der Waals surface area contributed by atoms with Crippen molar-refractivity contribution in [3.05, 3.63) is 125 Å². The number of aliphatic hydroxyl groups excluding tert-OH is 1. The van der Waals surface area contributed by atoms with Crippen molar-refractivity contribution in [3.8, 4) is 17.2 Å². The molecule has 0 saturated carbocycles. The van der Waals surface area contributed by atoms with E-state index in [4.69, 9.17) is 14.2 Å². The van der Waals surface area contributed by atoms with Gasteiger partial charge in [0.15, 0.2) is 0 Å². The lowest BCUT2D eigenvalue weighted by Crippen LogP contribution is -2.25. The molecule has 0 bridgehead atoms. The summed E-state index contributed by atoms with van der Waals surface area (Å²) in [6.07, 6.45) is -0.746. The lowest BCUT2D eigenvalue weighted by molar-refractivity contribution is 0.0626. The van der Waals surface area contributed by atoms with Gasteiger partial charge in [0.2, 0.25) is 0 Å². The van der Waals surface area contributed by atoms with Crippen LogP contribution in [0.5, 0.6) is 17.2 Å². The Morgan fingerprint density at radius 1 is 0.538 bits per heavy atom. The molecule has 1 N–H and O–H groups in total. The molecule has 0 aliphatic carbocycles. The minimum Gasteiger partial charge on any atom is -0.497 e. The number of rotatable bonds is 11. The van der Waals surface area contributed by atoms with Gasteiger partial charge >= 0.3 is 0 Å². The van der Waals surface area contributed by atoms with Gasteiger partial charge in [-0.3, -0.25) is 0 Å². The van der Waals surface area contributed by atoms with E-state index in [1.165, 1.54) is 27.8 Å². The van der Waals surface area contributed by atoms with Gasteiger partial charge in [-0.2, -0.15) is 0 Å². The Bertz CT molecular complexity index is 1320. The Balaban J connectivity index is 1.28. The maximum absolute atomic E-state index is 10.4. The van der Waals surface area contributed by atoms with E-state index in [0.29, 0.717) is 5.75 Å². The summed E-state index contributed by atoms with van der Waals surface area (Å²) < 4.78 is 17.0. The standard InChI is InChI=1S/C35H40O4/c1-25-7-9-26(10-8-25)34(2,3)28-13-19-32(20-14-28)38-23-30(36)24-39-33-21-15-29(16-22-33)35(4,5)27-11-17-31(37-6)18-12-27/h7-22,30,36H,23-24H2,1-6H3. The first-order chi connectivity index (χ1) is 18.6. The fraction of sp³-hybridized carbons (Fsp3) is 0.314. The molecular weight excluding hydrogens is 484 g/mol. The zero-order chi connectivity index (χ0) is 28.0. The summed E-state index contributed by atoms with van der Waals surface area (Å²) in [5, 5.41) is 10.4. The topological polar surface area (TPSA) is 47.9 Å². The molecule has 0 aliphatic heterocycles. The minimum absolute atomic E-state index is 0.112. The van der Waals surface area contributed by atoms with E-state index in [-0.39, 0.29) is 24.0 Å². The number of ether oxygens (including phenoxy) is 3. The van der Waals surface area contributed by atoms with Gasteiger partial charge in [-0.25, -0.2) is 0 Å². The van der Waals surface area contributed by atoms with E-state index < -0.39 is 6.10 Å². The molecule has 0 amide bonds. The van der Waals surface area contributed by atoms with Gasteiger partial charge < -0.3 is 19.3 Å². The van der Waals surface area contributed by atoms with Crippen molar-refractivity contribution >= 4 is 0 Å². The summed E-state index contributed by atoms with van der Waals surface area (Å²) in [5.41, 5.74) is 5.84. The van der Waals surface area contributed by atoms with Crippen molar-refractivity contribution in [2.75, 3.05) is 20.3 Å². The molecule has 0 aliphatic rings. The summed E-state index contributed by atoms with van der Waals surface area (Å²) >= 11 is 0. The van der Waals surface area contributed by atoms with Crippen LogP contribution in [-0.2, 0) is 10.8 Å². The van der Waals surface area contributed by atoms with Crippen LogP contribution in [0.4, 0.5) is 0 Å². The quantitative estimate of drug-likeness (QED) is 0.221. The largest absolute Gasteiger partial charge is 0.497 e. The second-order valence-corrected chi connectivity index (χ2v) is 11.2. The van der Waals surface area contributed by atoms with E-state index in [9.17, 15) is 5.11 Å². The van der Waals surface area contributed by atoms with E-state index >= 15 is 0 Å². The molecular formula is C35H40O4. The van der Waals surface area contributed by atoms with Crippen molar-refractivity contribution in [3.63, 3.8) is 0 Å². The lowest BCUT2D eigenvalue weighted by Gasteiger charge is -2.26. The van der Waals surface area contributed by atoms with Gasteiger partial charge in [-0.15, -0.1) is 0 Å². The Kier molecular flexibility index (Phi) is 8.66. The first-order valence-corrected chi connectivity index (χ1v) is 13.5. The van der Waals surface area contributed by atoms with E-state index in [1.54, 1.807) is 7.11 Å². The number of methoxy groups -OCH3 is 1. The molecule has 39 heavy (non-hydrogen) atoms. The highest BCUT2D eigenvalue weighted by Crippen LogP contribution is 2.34. The van der Waals surface area contributed by atoms with Crippen molar-refractivity contribution in [2.45, 2.75) is 51.6 Å². The maximum Gasteiger partial charge on any atom is 0.122 e. The zero-order valence-electron chi connectivity index (χ0n) is 23.9. The molecule has 4 rings (SSSR count). The van der Waals surface area contributed by atoms with Crippen LogP contribution in [-0.4, -0.2) is 31.5 Å². The number of benzene rings is 4. The highest BCUT2D eigenvalue weighted by molar-refractivity contribution is 5.42. The van der Waals surface area contributed by atoms with Crippen molar-refractivity contribution < 1.29 is 19.3 Å². The summed E-state index contributed by atoms with van der Waals surface area (Å²) in [6.45, 7) is 11.2. The van der Waals surface area contributed by atoms with Gasteiger partial charge in [0.25, 0.3) is 0 Å². The van der Waals surface area contributed by atoms with E-state index in [0.717, 1.165) is 11.5 Å². The van der Waals surface area contributed by atoms with Gasteiger partial charge in [-0.1, -0.05) is 93.9 Å². The Morgan fingerprint density at radius 3 is 1.18 bits per heavy atom. The number of hydrogen-bond donors (Lipinski definition) is 1. The van der Waals surface area contributed by atoms with Crippen LogP contribution in [0.2, 0.25) is 0 Å². The SMILES string of the molecule is COc1ccc(C(C)(C)c2ccc(OCC(O)COc3ccc(C(C)(C)c4ccc(C)cc4)cc3)cc2)cc1. The molecule has 1 unspecified atom stereocenters. The van der Waals surface area contributed by atoms with Gasteiger partial charge in [-0.05, 0) is 65.6 Å². The van der Waals surface area contributed by atoms with Crippen molar-refractivity contribution in [2.24, 2.45) is 0 Å². The molecule has 4 aromatic rings. The molecule has 4 aromatic carbocycles. The number of hydrogen-bond acceptors (Lipinski definition) is 4. The van der Waals surface area contributed by atoms with Crippen molar-refractivity contribution in [1.29, 1.82) is 0 Å². The fourth-order valence-electron chi connectivity index (χ4n) is 4.68. The number of aryl methyl sites for hydroxylation is 1. The first-order valence-electron chi connectivity index (χ1n) is 13.5. The maximum atomic E-state index is 10.4. The molecule has 4 nitrogen and oxygen atoms in total. The normalized spacial score (nSPS) is 12.6. The summed E-state index contributed by atoms with van der Waals surface area (Å²) in [6, 6.07) is 33.0. The van der Waals surface area contributed by atoms with Crippen LogP contribution >= 0.6 is 0 Å². The monoisotopic (exact) mass is 524 g/mol. The molecule has 0 heterocycles. The molecule has 0 radical (unpaired) electrons. The first kappa shape index (κ1) is 28.3. The molecule has 0 saturated heterocycles. The zero-order valence-corrected chi connectivity index (χ0v) is 23.9. The van der Waals surface area contributed by atoms with E-state index in [1.807, 2.05) is 36.4 Å². The van der Waals surface area contributed by atoms with Gasteiger partial charge in [0.1, 0.15) is 36.6 Å². The Hall–Kier alpha value is -3.76. The van der Waals surface area contributed by atoms with Crippen LogP contribution < -0.4 is 14.2 Å². The summed E-state index contributed by atoms with van der Waals surface area (Å²) in [7, 11) is 1.67. The van der Waals surface area contributed by atoms with E-state index in [2.05, 4.69) is 95.3 Å².